The number of piperidine rings is 1. The highest BCUT2D eigenvalue weighted by Gasteiger charge is 2.31. The molecular weight excluding hydrogens is 569 g/mol. The quantitative estimate of drug-likeness (QED) is 0.327. The zero-order chi connectivity index (χ0) is 27.0. The molecule has 1 saturated heterocycles. The summed E-state index contributed by atoms with van der Waals surface area (Å²) in [6.07, 6.45) is -1.53. The molecule has 4 aromatic rings. The zero-order valence-electron chi connectivity index (χ0n) is 20.3. The molecule has 1 aromatic carbocycles. The fraction of sp³-hybridized carbons (Fsp3) is 0.360. The first-order valence-corrected chi connectivity index (χ1v) is 12.8. The van der Waals surface area contributed by atoms with E-state index in [4.69, 9.17) is 4.74 Å². The first-order valence-electron chi connectivity index (χ1n) is 12.0. The maximum atomic E-state index is 13.6. The molecule has 0 aliphatic carbocycles. The normalized spacial score (nSPS) is 14.8. The number of hydrogen-bond donors (Lipinski definition) is 2. The van der Waals surface area contributed by atoms with Crippen molar-refractivity contribution in [2.75, 3.05) is 20.2 Å². The molecule has 1 aliphatic heterocycles. The van der Waals surface area contributed by atoms with Crippen LogP contribution in [0.5, 0.6) is 0 Å². The molecule has 200 valence electrons. The number of benzene rings is 1. The summed E-state index contributed by atoms with van der Waals surface area (Å²) < 4.78 is 46.2. The lowest BCUT2D eigenvalue weighted by molar-refractivity contribution is -0.137. The van der Waals surface area contributed by atoms with Crippen LogP contribution in [0.2, 0.25) is 0 Å². The second-order valence-corrected chi connectivity index (χ2v) is 10.1. The van der Waals surface area contributed by atoms with Gasteiger partial charge >= 0.3 is 12.3 Å². The molecule has 0 saturated carbocycles. The van der Waals surface area contributed by atoms with Gasteiger partial charge in [-0.2, -0.15) is 17.9 Å². The fourth-order valence-electron chi connectivity index (χ4n) is 4.73. The molecule has 9 nitrogen and oxygen atoms in total. The number of pyridine rings is 1. The van der Waals surface area contributed by atoms with Crippen LogP contribution < -0.4 is 5.56 Å². The van der Waals surface area contributed by atoms with Crippen molar-refractivity contribution in [1.29, 1.82) is 0 Å². The summed E-state index contributed by atoms with van der Waals surface area (Å²) >= 11 is 3.41. The van der Waals surface area contributed by atoms with Gasteiger partial charge in [0.1, 0.15) is 0 Å². The molecule has 2 N–H and O–H groups in total. The monoisotopic (exact) mass is 592 g/mol. The zero-order valence-corrected chi connectivity index (χ0v) is 21.9. The van der Waals surface area contributed by atoms with Crippen LogP contribution in [-0.2, 0) is 17.3 Å². The van der Waals surface area contributed by atoms with Gasteiger partial charge in [0.05, 0.1) is 35.1 Å². The van der Waals surface area contributed by atoms with E-state index in [-0.39, 0.29) is 29.2 Å². The predicted octanol–water partition coefficient (Wildman–Crippen LogP) is 5.30. The highest BCUT2D eigenvalue weighted by atomic mass is 79.9. The number of alkyl halides is 3. The van der Waals surface area contributed by atoms with Crippen molar-refractivity contribution >= 4 is 33.1 Å². The smallest absolute Gasteiger partial charge is 0.417 e. The third kappa shape index (κ3) is 5.19. The molecular formula is C25H24BrF3N6O3. The van der Waals surface area contributed by atoms with E-state index in [1.54, 1.807) is 11.0 Å². The number of H-pyrrole nitrogens is 2. The minimum absolute atomic E-state index is 0.225. The van der Waals surface area contributed by atoms with E-state index >= 15 is 0 Å². The van der Waals surface area contributed by atoms with Gasteiger partial charge in [-0.3, -0.25) is 14.9 Å². The van der Waals surface area contributed by atoms with E-state index < -0.39 is 11.7 Å². The number of imidazole rings is 1. The number of rotatable bonds is 5. The molecule has 3 aromatic heterocycles. The molecule has 38 heavy (non-hydrogen) atoms. The number of halogens is 4. The molecule has 0 atom stereocenters. The predicted molar refractivity (Wildman–Crippen MR) is 137 cm³/mol. The van der Waals surface area contributed by atoms with E-state index in [1.807, 2.05) is 12.1 Å². The number of carbonyl (C=O) groups excluding carboxylic acids is 1. The second kappa shape index (κ2) is 10.3. The highest BCUT2D eigenvalue weighted by Crippen LogP contribution is 2.31. The molecule has 0 unspecified atom stereocenters. The fourth-order valence-corrected chi connectivity index (χ4v) is 5.09. The summed E-state index contributed by atoms with van der Waals surface area (Å²) in [7, 11) is 1.35. The van der Waals surface area contributed by atoms with Crippen LogP contribution in [0, 0.1) is 5.92 Å². The number of carbonyl (C=O) groups is 1. The third-order valence-electron chi connectivity index (χ3n) is 6.83. The minimum atomic E-state index is -4.52. The van der Waals surface area contributed by atoms with Gasteiger partial charge in [-0.15, -0.1) is 0 Å². The summed E-state index contributed by atoms with van der Waals surface area (Å²) in [6.45, 7) is 1.13. The Morgan fingerprint density at radius 2 is 1.97 bits per heavy atom. The van der Waals surface area contributed by atoms with Gasteiger partial charge < -0.3 is 14.6 Å². The lowest BCUT2D eigenvalue weighted by atomic mass is 9.90. The molecule has 4 heterocycles. The lowest BCUT2D eigenvalue weighted by Crippen LogP contribution is -2.38. The van der Waals surface area contributed by atoms with Gasteiger partial charge in [-0.05, 0) is 61.9 Å². The van der Waals surface area contributed by atoms with Crippen LogP contribution in [0.3, 0.4) is 0 Å². The molecule has 1 amide bonds. The Hall–Kier alpha value is -3.61. The Kier molecular flexibility index (Phi) is 7.03. The molecule has 5 rings (SSSR count). The van der Waals surface area contributed by atoms with E-state index in [9.17, 15) is 22.8 Å². The van der Waals surface area contributed by atoms with E-state index in [2.05, 4.69) is 36.0 Å². The first-order chi connectivity index (χ1) is 18.1. The summed E-state index contributed by atoms with van der Waals surface area (Å²) in [5.74, 6) is 0.532. The van der Waals surface area contributed by atoms with Crippen LogP contribution >= 0.6 is 15.9 Å². The average molecular weight is 593 g/mol. The SMILES string of the molecule is COC(=O)N1CCC(CCc2c(-c3ccc(C(F)(F)F)cn3)[nH]n(-c3nc4ccc(Br)cc4[nH]3)c2=O)CC1. The Morgan fingerprint density at radius 3 is 2.63 bits per heavy atom. The number of likely N-dealkylation sites (tertiary alicyclic amines) is 1. The van der Waals surface area contributed by atoms with Gasteiger partial charge in [-0.1, -0.05) is 15.9 Å². The first kappa shape index (κ1) is 26.0. The minimum Gasteiger partial charge on any atom is -0.453 e. The van der Waals surface area contributed by atoms with Crippen molar-refractivity contribution in [1.82, 2.24) is 29.6 Å². The number of hydrogen-bond acceptors (Lipinski definition) is 5. The van der Waals surface area contributed by atoms with Crippen molar-refractivity contribution in [2.24, 2.45) is 5.92 Å². The lowest BCUT2D eigenvalue weighted by Gasteiger charge is -2.30. The molecule has 0 bridgehead atoms. The number of ether oxygens (including phenoxy) is 1. The Balaban J connectivity index is 1.47. The maximum Gasteiger partial charge on any atom is 0.417 e. The van der Waals surface area contributed by atoms with Gasteiger partial charge in [0, 0.05) is 29.3 Å². The molecule has 1 fully saturated rings. The molecule has 1 aliphatic rings. The number of aromatic amines is 2. The van der Waals surface area contributed by atoms with Crippen LogP contribution in [0.25, 0.3) is 28.4 Å². The van der Waals surface area contributed by atoms with Gasteiger partial charge in [0.15, 0.2) is 0 Å². The van der Waals surface area contributed by atoms with Gasteiger partial charge in [-0.25, -0.2) is 9.78 Å². The Labute approximate surface area is 223 Å². The standard InChI is InChI=1S/C25H24BrF3N6O3/c1-38-24(37)34-10-8-14(9-11-34)2-5-17-21(19-6-3-15(13-30-19)25(27,28)29)33-35(22(17)36)23-31-18-7-4-16(26)12-20(18)32-23/h3-4,6-7,12-14,33H,2,5,8-11H2,1H3,(H,31,32). The van der Waals surface area contributed by atoms with Crippen LogP contribution in [0.4, 0.5) is 18.0 Å². The third-order valence-corrected chi connectivity index (χ3v) is 7.32. The second-order valence-electron chi connectivity index (χ2n) is 9.20. The summed E-state index contributed by atoms with van der Waals surface area (Å²) in [5.41, 5.74) is 1.12. The molecule has 0 radical (unpaired) electrons. The van der Waals surface area contributed by atoms with Crippen molar-refractivity contribution in [3.63, 3.8) is 0 Å². The maximum absolute atomic E-state index is 13.6. The molecule has 13 heteroatoms. The topological polar surface area (TPSA) is 109 Å². The van der Waals surface area contributed by atoms with Gasteiger partial charge in [0.25, 0.3) is 5.56 Å². The number of amides is 1. The van der Waals surface area contributed by atoms with Crippen molar-refractivity contribution in [2.45, 2.75) is 31.9 Å². The van der Waals surface area contributed by atoms with Crippen LogP contribution in [-0.4, -0.2) is 55.9 Å². The number of nitrogens with zero attached hydrogens (tertiary/aromatic N) is 4. The Morgan fingerprint density at radius 1 is 1.21 bits per heavy atom. The number of nitrogens with one attached hydrogen (secondary N) is 2. The van der Waals surface area contributed by atoms with Crippen LogP contribution in [0.1, 0.15) is 30.4 Å². The number of aromatic nitrogens is 5. The molecule has 0 spiro atoms. The van der Waals surface area contributed by atoms with E-state index in [0.717, 1.165) is 29.6 Å². The van der Waals surface area contributed by atoms with Crippen molar-refractivity contribution < 1.29 is 22.7 Å². The Bertz CT molecular complexity index is 1520. The summed E-state index contributed by atoms with van der Waals surface area (Å²) in [5, 5.41) is 3.02. The van der Waals surface area contributed by atoms with Crippen molar-refractivity contribution in [3.05, 3.63) is 62.5 Å². The summed E-state index contributed by atoms with van der Waals surface area (Å²) in [4.78, 5) is 38.6. The average Bonchev–Trinajstić information content (AvgIpc) is 3.47. The number of methoxy groups -OCH3 is 1. The van der Waals surface area contributed by atoms with E-state index in [0.29, 0.717) is 48.2 Å². The summed E-state index contributed by atoms with van der Waals surface area (Å²) in [6, 6.07) is 7.67. The van der Waals surface area contributed by atoms with Crippen LogP contribution in [0.15, 0.2) is 45.8 Å². The highest BCUT2D eigenvalue weighted by molar-refractivity contribution is 9.10. The van der Waals surface area contributed by atoms with Crippen molar-refractivity contribution in [3.8, 4) is 17.3 Å². The van der Waals surface area contributed by atoms with E-state index in [1.165, 1.54) is 17.9 Å². The van der Waals surface area contributed by atoms with Gasteiger partial charge in [0.2, 0.25) is 5.95 Å². The number of fused-ring (bicyclic) bond motifs is 1. The largest absolute Gasteiger partial charge is 0.453 e.